The lowest BCUT2D eigenvalue weighted by atomic mass is 9.93. The van der Waals surface area contributed by atoms with E-state index in [-0.39, 0.29) is 47.6 Å². The van der Waals surface area contributed by atoms with Gasteiger partial charge in [-0.1, -0.05) is 55.4 Å². The minimum absolute atomic E-state index is 0.0178. The Kier molecular flexibility index (Phi) is 10.6. The molecule has 8 nitrogen and oxygen atoms in total. The van der Waals surface area contributed by atoms with Crippen LogP contribution in [0.4, 0.5) is 0 Å². The molecule has 2 aliphatic heterocycles. The normalized spacial score (nSPS) is 28.7. The third kappa shape index (κ3) is 6.40. The summed E-state index contributed by atoms with van der Waals surface area (Å²) in [6, 6.07) is -0.757. The number of Topliss-reactive ketones (excluding diaryl/α,β-unsaturated/α-hetero) is 1. The van der Waals surface area contributed by atoms with Crippen LogP contribution in [0.15, 0.2) is 0 Å². The number of hydrogen-bond acceptors (Lipinski definition) is 8. The van der Waals surface area contributed by atoms with Crippen molar-refractivity contribution in [1.29, 1.82) is 0 Å². The molecule has 0 aromatic carbocycles. The number of rotatable bonds is 10. The van der Waals surface area contributed by atoms with E-state index < -0.39 is 47.4 Å². The molecule has 2 radical (unpaired) electrons. The molecule has 2 rings (SSSR count). The molecule has 0 amide bonds. The van der Waals surface area contributed by atoms with E-state index >= 15 is 0 Å². The quantitative estimate of drug-likeness (QED) is 0.245. The van der Waals surface area contributed by atoms with Crippen molar-refractivity contribution in [1.82, 2.24) is 0 Å². The van der Waals surface area contributed by atoms with Crippen molar-refractivity contribution < 1.29 is 36.8 Å². The SMILES string of the molecule is [B][C@@H]1O[C@@H]2CO[Si](C(C)C)(C(C)C)O[Si](C(C)C)(C(C)C)OC2[C@@H]1OCOC(=O)CCC(C)=O. The molecular weight excluding hydrogens is 471 g/mol. The van der Waals surface area contributed by atoms with E-state index in [2.05, 4.69) is 55.4 Å². The largest absolute Gasteiger partial charge is 0.438 e. The number of ether oxygens (including phenoxy) is 3. The van der Waals surface area contributed by atoms with Crippen LogP contribution < -0.4 is 0 Å². The zero-order valence-corrected chi connectivity index (χ0v) is 24.3. The molecule has 2 aliphatic rings. The number of hydrogen-bond donors (Lipinski definition) is 0. The highest BCUT2D eigenvalue weighted by Crippen LogP contribution is 2.47. The fourth-order valence-corrected chi connectivity index (χ4v) is 16.1. The standard InChI is InChI=1S/C23H43BO8Si2/c1-14(2)33(15(3)4)29-12-19-21(31-34(32-33,16(5)6)17(7)8)22(23(24)30-19)28-13-27-20(26)11-10-18(9)25/h14-17,19,21-23H,10-13H2,1-9H3/t19-,21?,22+,23-/m1/s1. The average Bonchev–Trinajstić information content (AvgIpc) is 2.99. The lowest BCUT2D eigenvalue weighted by molar-refractivity contribution is -0.166. The van der Waals surface area contributed by atoms with Crippen molar-refractivity contribution >= 4 is 36.7 Å². The molecule has 0 spiro atoms. The fraction of sp³-hybridized carbons (Fsp3) is 0.913. The minimum atomic E-state index is -2.85. The van der Waals surface area contributed by atoms with Crippen LogP contribution in [0, 0.1) is 0 Å². The van der Waals surface area contributed by atoms with Crippen LogP contribution in [0.2, 0.25) is 22.2 Å². The molecular formula is C23H43BO8Si2. The first kappa shape index (κ1) is 29.7. The maximum absolute atomic E-state index is 11.9. The summed E-state index contributed by atoms with van der Waals surface area (Å²) >= 11 is 0. The van der Waals surface area contributed by atoms with Crippen molar-refractivity contribution in [3.63, 3.8) is 0 Å². The van der Waals surface area contributed by atoms with E-state index in [1.165, 1.54) is 6.92 Å². The fourth-order valence-electron chi connectivity index (χ4n) is 4.89. The molecule has 2 fully saturated rings. The lowest BCUT2D eigenvalue weighted by Gasteiger charge is -2.51. The molecule has 0 N–H and O–H groups in total. The van der Waals surface area contributed by atoms with Gasteiger partial charge in [-0.3, -0.25) is 4.79 Å². The summed E-state index contributed by atoms with van der Waals surface area (Å²) in [4.78, 5) is 23.0. The molecule has 0 saturated carbocycles. The van der Waals surface area contributed by atoms with Crippen LogP contribution in [-0.2, 0) is 36.8 Å². The molecule has 0 aromatic rings. The Labute approximate surface area is 208 Å². The molecule has 2 heterocycles. The molecule has 2 saturated heterocycles. The van der Waals surface area contributed by atoms with Gasteiger partial charge in [0.05, 0.1) is 13.0 Å². The Balaban J connectivity index is 2.28. The Morgan fingerprint density at radius 1 is 0.941 bits per heavy atom. The second kappa shape index (κ2) is 12.1. The third-order valence-corrected chi connectivity index (χ3v) is 17.1. The Morgan fingerprint density at radius 2 is 1.50 bits per heavy atom. The Morgan fingerprint density at radius 3 is 2.00 bits per heavy atom. The number of carbonyl (C=O) groups excluding carboxylic acids is 2. The van der Waals surface area contributed by atoms with Crippen molar-refractivity contribution in [3.8, 4) is 0 Å². The van der Waals surface area contributed by atoms with Gasteiger partial charge in [0, 0.05) is 12.4 Å². The number of carbonyl (C=O) groups is 2. The van der Waals surface area contributed by atoms with Crippen LogP contribution in [0.3, 0.4) is 0 Å². The van der Waals surface area contributed by atoms with Gasteiger partial charge < -0.3 is 32.0 Å². The summed E-state index contributed by atoms with van der Waals surface area (Å²) in [6.45, 7) is 18.7. The van der Waals surface area contributed by atoms with Gasteiger partial charge >= 0.3 is 23.1 Å². The number of fused-ring (bicyclic) bond motifs is 1. The highest BCUT2D eigenvalue weighted by molar-refractivity contribution is 6.84. The molecule has 194 valence electrons. The summed E-state index contributed by atoms with van der Waals surface area (Å²) in [5.41, 5.74) is 0.768. The Hall–Kier alpha value is -0.561. The van der Waals surface area contributed by atoms with Crippen molar-refractivity contribution in [2.75, 3.05) is 13.4 Å². The van der Waals surface area contributed by atoms with Gasteiger partial charge in [-0.25, -0.2) is 0 Å². The molecule has 0 bridgehead atoms. The van der Waals surface area contributed by atoms with Gasteiger partial charge in [0.2, 0.25) is 0 Å². The predicted octanol–water partition coefficient (Wildman–Crippen LogP) is 4.09. The summed E-state index contributed by atoms with van der Waals surface area (Å²) in [7, 11) is 0.788. The van der Waals surface area contributed by atoms with E-state index in [9.17, 15) is 9.59 Å². The van der Waals surface area contributed by atoms with Crippen LogP contribution in [0.25, 0.3) is 0 Å². The smallest absolute Gasteiger partial charge is 0.335 e. The molecule has 0 aromatic heterocycles. The van der Waals surface area contributed by atoms with Gasteiger partial charge in [-0.15, -0.1) is 0 Å². The number of ketones is 1. The summed E-state index contributed by atoms with van der Waals surface area (Å²) < 4.78 is 37.9. The van der Waals surface area contributed by atoms with E-state index in [0.29, 0.717) is 6.61 Å². The van der Waals surface area contributed by atoms with Gasteiger partial charge in [0.15, 0.2) is 6.79 Å². The van der Waals surface area contributed by atoms with Crippen LogP contribution in [-0.4, -0.2) is 74.4 Å². The predicted molar refractivity (Wildman–Crippen MR) is 134 cm³/mol. The van der Waals surface area contributed by atoms with Gasteiger partial charge in [-0.2, -0.15) is 0 Å². The second-order valence-electron chi connectivity index (χ2n) is 10.7. The van der Waals surface area contributed by atoms with Gasteiger partial charge in [0.1, 0.15) is 31.9 Å². The summed E-state index contributed by atoms with van der Waals surface area (Å²) in [6.07, 6.45) is -1.40. The third-order valence-electron chi connectivity index (χ3n) is 6.84. The lowest BCUT2D eigenvalue weighted by Crippen LogP contribution is -2.66. The highest BCUT2D eigenvalue weighted by atomic mass is 28.5. The van der Waals surface area contributed by atoms with Crippen molar-refractivity contribution in [2.45, 2.75) is 122 Å². The molecule has 11 heteroatoms. The van der Waals surface area contributed by atoms with E-state index in [1.807, 2.05) is 0 Å². The zero-order chi connectivity index (χ0) is 25.8. The maximum Gasteiger partial charge on any atom is 0.335 e. The van der Waals surface area contributed by atoms with Crippen LogP contribution >= 0.6 is 0 Å². The van der Waals surface area contributed by atoms with Gasteiger partial charge in [0.25, 0.3) is 0 Å². The van der Waals surface area contributed by atoms with Crippen LogP contribution in [0.1, 0.15) is 75.2 Å². The molecule has 34 heavy (non-hydrogen) atoms. The first-order valence-corrected chi connectivity index (χ1v) is 16.4. The maximum atomic E-state index is 11.9. The zero-order valence-electron chi connectivity index (χ0n) is 22.3. The first-order valence-electron chi connectivity index (χ1n) is 12.5. The Bertz CT molecular complexity index is 686. The molecule has 4 atom stereocenters. The van der Waals surface area contributed by atoms with Crippen molar-refractivity contribution in [2.24, 2.45) is 0 Å². The van der Waals surface area contributed by atoms with Gasteiger partial charge in [-0.05, 0) is 29.1 Å². The van der Waals surface area contributed by atoms with E-state index in [0.717, 1.165) is 0 Å². The highest BCUT2D eigenvalue weighted by Gasteiger charge is 2.61. The first-order chi connectivity index (χ1) is 15.8. The van der Waals surface area contributed by atoms with Crippen LogP contribution in [0.5, 0.6) is 0 Å². The van der Waals surface area contributed by atoms with E-state index in [4.69, 9.17) is 35.0 Å². The topological polar surface area (TPSA) is 89.5 Å². The monoisotopic (exact) mass is 514 g/mol. The summed E-state index contributed by atoms with van der Waals surface area (Å²) in [5, 5.41) is 0. The molecule has 0 aliphatic carbocycles. The summed E-state index contributed by atoms with van der Waals surface area (Å²) in [5.74, 6) is -0.567. The second-order valence-corrected chi connectivity index (χ2v) is 19.5. The molecule has 1 unspecified atom stereocenters. The van der Waals surface area contributed by atoms with E-state index in [1.54, 1.807) is 0 Å². The average molecular weight is 515 g/mol. The van der Waals surface area contributed by atoms with Crippen molar-refractivity contribution in [3.05, 3.63) is 0 Å². The number of esters is 1. The minimum Gasteiger partial charge on any atom is -0.438 e.